The highest BCUT2D eigenvalue weighted by molar-refractivity contribution is 8.13. The van der Waals surface area contributed by atoms with E-state index >= 15 is 0 Å². The molecule has 0 atom stereocenters. The van der Waals surface area contributed by atoms with E-state index in [1.54, 1.807) is 0 Å². The Labute approximate surface area is 403 Å². The fourth-order valence-corrected chi connectivity index (χ4v) is 10.8. The van der Waals surface area contributed by atoms with Gasteiger partial charge in [0.05, 0.1) is 30.1 Å². The Hall–Kier alpha value is -2.94. The van der Waals surface area contributed by atoms with Crippen LogP contribution in [0.2, 0.25) is 30.1 Å². The number of anilines is 2. The van der Waals surface area contributed by atoms with Crippen LogP contribution in [0.1, 0.15) is 12.0 Å². The second-order valence-corrected chi connectivity index (χ2v) is 21.7. The summed E-state index contributed by atoms with van der Waals surface area (Å²) in [6.07, 6.45) is 3.98. The minimum atomic E-state index is -3.85. The van der Waals surface area contributed by atoms with E-state index in [-0.39, 0.29) is 70.0 Å². The van der Waals surface area contributed by atoms with Crippen LogP contribution in [0.4, 0.5) is 11.4 Å². The third-order valence-corrected chi connectivity index (χ3v) is 16.5. The lowest BCUT2D eigenvalue weighted by Crippen LogP contribution is -2.46. The number of pyridine rings is 1. The van der Waals surface area contributed by atoms with Crippen LogP contribution in [0.15, 0.2) is 118 Å². The van der Waals surface area contributed by atoms with Gasteiger partial charge in [-0.05, 0) is 80.3 Å². The van der Waals surface area contributed by atoms with Gasteiger partial charge in [-0.2, -0.15) is 0 Å². The zero-order valence-corrected chi connectivity index (χ0v) is 41.6. The monoisotopic (exact) mass is 1060 g/mol. The summed E-state index contributed by atoms with van der Waals surface area (Å²) in [7, 11) is -1.86. The molecule has 1 aliphatic rings. The number of carbonyl (C=O) groups is 1. The summed E-state index contributed by atoms with van der Waals surface area (Å²) >= 11 is 34.5. The van der Waals surface area contributed by atoms with Crippen molar-refractivity contribution in [1.29, 1.82) is 0 Å². The topological polar surface area (TPSA) is 180 Å². The lowest BCUT2D eigenvalue weighted by Gasteiger charge is -2.37. The molecule has 0 amide bonds. The van der Waals surface area contributed by atoms with Gasteiger partial charge in [0, 0.05) is 87.1 Å². The number of benzene rings is 4. The van der Waals surface area contributed by atoms with E-state index in [0.717, 1.165) is 41.7 Å². The summed E-state index contributed by atoms with van der Waals surface area (Å²) in [6, 6.07) is 25.2. The molecule has 23 heteroatoms. The number of sulfonamides is 2. The number of nitrogens with two attached hydrogens (primary N) is 1. The van der Waals surface area contributed by atoms with Crippen molar-refractivity contribution < 1.29 is 30.0 Å². The van der Waals surface area contributed by atoms with E-state index in [1.807, 2.05) is 48.8 Å². The molecule has 13 nitrogen and oxygen atoms in total. The number of Topliss-reactive ketones (excluding diaryl/α,β-unsaturated/α-hetero) is 1. The summed E-state index contributed by atoms with van der Waals surface area (Å²) < 4.78 is 73.2. The molecule has 5 aromatic rings. The zero-order valence-electron chi connectivity index (χ0n) is 33.9. The van der Waals surface area contributed by atoms with Crippen molar-refractivity contribution >= 4 is 127 Å². The molecule has 63 heavy (non-hydrogen) atoms. The molecule has 1 aromatic heterocycles. The Kier molecular flexibility index (Phi) is 21.7. The maximum atomic E-state index is 12.8. The fraction of sp³-hybridized carbons (Fsp3) is 0.250. The first-order valence-corrected chi connectivity index (χ1v) is 25.9. The number of carbonyl (C=O) groups excluding carboxylic acids is 1. The van der Waals surface area contributed by atoms with Crippen LogP contribution in [0.3, 0.4) is 0 Å². The minimum Gasteiger partial charge on any atom is -0.368 e. The predicted octanol–water partition coefficient (Wildman–Crippen LogP) is 8.93. The molecule has 3 N–H and O–H groups in total. The third-order valence-electron chi connectivity index (χ3n) is 8.97. The van der Waals surface area contributed by atoms with Gasteiger partial charge in [-0.3, -0.25) is 9.78 Å². The standard InChI is InChI=1S/C26H28Cl2N4O3S.C7H7Cl2NO2S.C6H3Cl3O2S.CH5N/c1-30(36(34,35)25-4-2-3-24(27)26(25)28)14-11-23(33)19-20-5-7-21(8-6-20)31-15-17-32(18-16-31)22-9-12-29-13-10-22;1-10-13(11,12)6-4-2-3-5(8)7(6)9;7-4-2-1-3-5(6(4)8)12(9,10)11;1-2/h2-10,12-13H,11,14-19H2,1H3;2-4,10H,1H3;1-3H;2H2,1H3. The highest BCUT2D eigenvalue weighted by Crippen LogP contribution is 2.32. The van der Waals surface area contributed by atoms with Crippen molar-refractivity contribution in [2.45, 2.75) is 27.5 Å². The molecule has 0 aliphatic carbocycles. The van der Waals surface area contributed by atoms with E-state index in [9.17, 15) is 30.0 Å². The highest BCUT2D eigenvalue weighted by Gasteiger charge is 2.25. The SMILES string of the molecule is CN.CN(CCC(=O)Cc1ccc(N2CCN(c3ccncc3)CC2)cc1)S(=O)(=O)c1cccc(Cl)c1Cl.CNS(=O)(=O)c1cccc(Cl)c1Cl.O=S(=O)(Cl)c1cccc(Cl)c1Cl. The molecule has 6 rings (SSSR count). The fourth-order valence-electron chi connectivity index (χ4n) is 5.65. The van der Waals surface area contributed by atoms with E-state index in [1.165, 1.54) is 81.4 Å². The van der Waals surface area contributed by atoms with Gasteiger partial charge in [-0.1, -0.05) is 99.9 Å². The number of aromatic nitrogens is 1. The van der Waals surface area contributed by atoms with Crippen molar-refractivity contribution in [3.05, 3.63) is 139 Å². The van der Waals surface area contributed by atoms with Crippen molar-refractivity contribution in [3.8, 4) is 0 Å². The second-order valence-electron chi connectivity index (χ2n) is 12.9. The van der Waals surface area contributed by atoms with Gasteiger partial charge in [0.1, 0.15) is 20.5 Å². The normalized spacial score (nSPS) is 12.9. The molecule has 0 spiro atoms. The Bertz CT molecular complexity index is 2640. The lowest BCUT2D eigenvalue weighted by molar-refractivity contribution is -0.118. The average Bonchev–Trinajstić information content (AvgIpc) is 3.27. The number of nitrogens with zero attached hydrogens (tertiary/aromatic N) is 4. The maximum Gasteiger partial charge on any atom is 0.262 e. The number of piperazine rings is 1. The summed E-state index contributed by atoms with van der Waals surface area (Å²) in [5.74, 6) is -0.0343. The molecule has 1 aliphatic heterocycles. The zero-order chi connectivity index (χ0) is 47.1. The first kappa shape index (κ1) is 54.4. The van der Waals surface area contributed by atoms with E-state index in [4.69, 9.17) is 80.3 Å². The maximum absolute atomic E-state index is 12.8. The summed E-state index contributed by atoms with van der Waals surface area (Å²) in [5, 5.41) is 0.529. The lowest BCUT2D eigenvalue weighted by atomic mass is 10.1. The molecule has 0 unspecified atom stereocenters. The van der Waals surface area contributed by atoms with Gasteiger partial charge < -0.3 is 15.5 Å². The van der Waals surface area contributed by atoms with Crippen molar-refractivity contribution in [2.75, 3.05) is 63.7 Å². The number of rotatable bonds is 12. The van der Waals surface area contributed by atoms with E-state index < -0.39 is 29.1 Å². The van der Waals surface area contributed by atoms with Crippen LogP contribution in [0.5, 0.6) is 0 Å². The molecule has 0 bridgehead atoms. The van der Waals surface area contributed by atoms with Gasteiger partial charge in [0.25, 0.3) is 9.05 Å². The summed E-state index contributed by atoms with van der Waals surface area (Å²) in [5.41, 5.74) is 7.72. The Morgan fingerprint density at radius 2 is 1.06 bits per heavy atom. The molecule has 2 heterocycles. The molecule has 0 radical (unpaired) electrons. The Morgan fingerprint density at radius 1 is 0.651 bits per heavy atom. The van der Waals surface area contributed by atoms with Crippen molar-refractivity contribution in [3.63, 3.8) is 0 Å². The van der Waals surface area contributed by atoms with E-state index in [2.05, 4.69) is 25.2 Å². The first-order chi connectivity index (χ1) is 29.7. The number of halogens is 7. The quantitative estimate of drug-likeness (QED) is 0.114. The number of hydrogen-bond acceptors (Lipinski definition) is 11. The van der Waals surface area contributed by atoms with Crippen LogP contribution < -0.4 is 20.3 Å². The molecule has 0 saturated carbocycles. The highest BCUT2D eigenvalue weighted by atomic mass is 35.7. The van der Waals surface area contributed by atoms with E-state index in [0.29, 0.717) is 0 Å². The predicted molar refractivity (Wildman–Crippen MR) is 257 cm³/mol. The van der Waals surface area contributed by atoms with Gasteiger partial charge in [-0.15, -0.1) is 0 Å². The number of hydrogen-bond donors (Lipinski definition) is 2. The van der Waals surface area contributed by atoms with Crippen LogP contribution in [0, 0.1) is 0 Å². The number of nitrogens with one attached hydrogen (secondary N) is 1. The number of ketones is 1. The molecular weight excluding hydrogens is 1020 g/mol. The van der Waals surface area contributed by atoms with Gasteiger partial charge in [0.15, 0.2) is 0 Å². The molecular formula is C40H43Cl7N6O7S3. The van der Waals surface area contributed by atoms with Gasteiger partial charge >= 0.3 is 0 Å². The largest absolute Gasteiger partial charge is 0.368 e. The van der Waals surface area contributed by atoms with Gasteiger partial charge in [-0.25, -0.2) is 34.3 Å². The second kappa shape index (κ2) is 25.1. The molecule has 1 saturated heterocycles. The summed E-state index contributed by atoms with van der Waals surface area (Å²) in [4.78, 5) is 21.1. The van der Waals surface area contributed by atoms with Crippen LogP contribution in [-0.2, 0) is 40.3 Å². The van der Waals surface area contributed by atoms with Gasteiger partial charge in [0.2, 0.25) is 20.0 Å². The van der Waals surface area contributed by atoms with Crippen molar-refractivity contribution in [1.82, 2.24) is 14.0 Å². The van der Waals surface area contributed by atoms with Crippen LogP contribution in [0.25, 0.3) is 0 Å². The third kappa shape index (κ3) is 15.6. The van der Waals surface area contributed by atoms with Crippen molar-refractivity contribution in [2.24, 2.45) is 5.73 Å². The van der Waals surface area contributed by atoms with Crippen LogP contribution in [-0.4, -0.2) is 94.2 Å². The van der Waals surface area contributed by atoms with Crippen LogP contribution >= 0.6 is 80.3 Å². The Balaban J connectivity index is 0.000000318. The molecule has 4 aromatic carbocycles. The molecule has 1 fully saturated rings. The summed E-state index contributed by atoms with van der Waals surface area (Å²) in [6.45, 7) is 3.75. The average molecular weight is 1060 g/mol. The minimum absolute atomic E-state index is 0.0100. The first-order valence-electron chi connectivity index (χ1n) is 18.4. The molecule has 342 valence electrons. The smallest absolute Gasteiger partial charge is 0.262 e. The Morgan fingerprint density at radius 3 is 1.51 bits per heavy atom.